The SMILES string of the molecule is CC(C)[C@H](c1nnnn1Cc1ccco1)N1CCN(C2CCCC2)CC1. The number of hydrogen-bond donors (Lipinski definition) is 0. The van der Waals surface area contributed by atoms with Gasteiger partial charge in [0.2, 0.25) is 0 Å². The molecule has 26 heavy (non-hydrogen) atoms. The smallest absolute Gasteiger partial charge is 0.169 e. The van der Waals surface area contributed by atoms with Crippen molar-refractivity contribution >= 4 is 0 Å². The Balaban J connectivity index is 1.46. The Morgan fingerprint density at radius 1 is 1.15 bits per heavy atom. The maximum Gasteiger partial charge on any atom is 0.169 e. The molecule has 0 amide bonds. The van der Waals surface area contributed by atoms with E-state index in [0.29, 0.717) is 12.5 Å². The van der Waals surface area contributed by atoms with Gasteiger partial charge in [-0.25, -0.2) is 4.68 Å². The summed E-state index contributed by atoms with van der Waals surface area (Å²) >= 11 is 0. The summed E-state index contributed by atoms with van der Waals surface area (Å²) < 4.78 is 7.38. The number of furan rings is 1. The standard InChI is InChI=1S/C19H30N6O/c1-15(2)18(19-20-21-22-25(19)14-17-8-5-13-26-17)24-11-9-23(10-12-24)16-6-3-4-7-16/h5,8,13,15-16,18H,3-4,6-7,9-12,14H2,1-2H3/t18-/m1/s1. The molecule has 4 rings (SSSR count). The number of rotatable bonds is 6. The molecule has 2 fully saturated rings. The van der Waals surface area contributed by atoms with Gasteiger partial charge in [0.05, 0.1) is 12.3 Å². The molecule has 1 saturated heterocycles. The molecular formula is C19H30N6O. The Morgan fingerprint density at radius 3 is 2.58 bits per heavy atom. The van der Waals surface area contributed by atoms with Gasteiger partial charge in [-0.1, -0.05) is 26.7 Å². The van der Waals surface area contributed by atoms with Crippen LogP contribution in [0.3, 0.4) is 0 Å². The molecule has 0 radical (unpaired) electrons. The summed E-state index contributed by atoms with van der Waals surface area (Å²) in [6, 6.07) is 4.93. The van der Waals surface area contributed by atoms with E-state index >= 15 is 0 Å². The lowest BCUT2D eigenvalue weighted by Crippen LogP contribution is -2.51. The molecule has 2 aromatic heterocycles. The van der Waals surface area contributed by atoms with Gasteiger partial charge in [0.25, 0.3) is 0 Å². The van der Waals surface area contributed by atoms with E-state index in [1.165, 1.54) is 25.7 Å². The Morgan fingerprint density at radius 2 is 1.92 bits per heavy atom. The first-order chi connectivity index (χ1) is 12.7. The van der Waals surface area contributed by atoms with Crippen molar-refractivity contribution in [3.63, 3.8) is 0 Å². The largest absolute Gasteiger partial charge is 0.467 e. The minimum Gasteiger partial charge on any atom is -0.467 e. The molecular weight excluding hydrogens is 328 g/mol. The van der Waals surface area contributed by atoms with Crippen molar-refractivity contribution in [2.24, 2.45) is 5.92 Å². The van der Waals surface area contributed by atoms with E-state index in [4.69, 9.17) is 4.42 Å². The van der Waals surface area contributed by atoms with Gasteiger partial charge in [-0.05, 0) is 41.3 Å². The van der Waals surface area contributed by atoms with Gasteiger partial charge >= 0.3 is 0 Å². The second-order valence-corrected chi connectivity index (χ2v) is 7.97. The molecule has 0 unspecified atom stereocenters. The van der Waals surface area contributed by atoms with Crippen LogP contribution in [0.1, 0.15) is 57.2 Å². The van der Waals surface area contributed by atoms with Crippen LogP contribution in [-0.2, 0) is 6.54 Å². The van der Waals surface area contributed by atoms with E-state index < -0.39 is 0 Å². The minimum atomic E-state index is 0.241. The maximum absolute atomic E-state index is 5.48. The molecule has 0 N–H and O–H groups in total. The molecule has 1 saturated carbocycles. The number of aromatic nitrogens is 4. The van der Waals surface area contributed by atoms with Gasteiger partial charge in [-0.15, -0.1) is 5.10 Å². The van der Waals surface area contributed by atoms with Crippen molar-refractivity contribution in [1.82, 2.24) is 30.0 Å². The fourth-order valence-electron chi connectivity index (χ4n) is 4.62. The highest BCUT2D eigenvalue weighted by molar-refractivity contribution is 5.03. The van der Waals surface area contributed by atoms with E-state index in [1.54, 1.807) is 6.26 Å². The summed E-state index contributed by atoms with van der Waals surface area (Å²) in [6.07, 6.45) is 7.27. The first-order valence-electron chi connectivity index (χ1n) is 9.99. The van der Waals surface area contributed by atoms with E-state index in [9.17, 15) is 0 Å². The van der Waals surface area contributed by atoms with Crippen molar-refractivity contribution in [3.8, 4) is 0 Å². The van der Waals surface area contributed by atoms with Crippen LogP contribution in [0.2, 0.25) is 0 Å². The van der Waals surface area contributed by atoms with E-state index in [1.807, 2.05) is 16.8 Å². The first kappa shape index (κ1) is 17.7. The Labute approximate surface area is 155 Å². The third-order valence-electron chi connectivity index (χ3n) is 5.92. The van der Waals surface area contributed by atoms with Crippen molar-refractivity contribution in [3.05, 3.63) is 30.0 Å². The molecule has 1 aliphatic heterocycles. The second kappa shape index (κ2) is 7.88. The highest BCUT2D eigenvalue weighted by Gasteiger charge is 2.33. The summed E-state index contributed by atoms with van der Waals surface area (Å²) in [7, 11) is 0. The molecule has 1 aliphatic carbocycles. The predicted octanol–water partition coefficient (Wildman–Crippen LogP) is 2.57. The van der Waals surface area contributed by atoms with Crippen molar-refractivity contribution in [2.45, 2.75) is 58.2 Å². The molecule has 2 aliphatic rings. The summed E-state index contributed by atoms with van der Waals surface area (Å²) in [4.78, 5) is 5.27. The Bertz CT molecular complexity index is 668. The highest BCUT2D eigenvalue weighted by Crippen LogP contribution is 2.30. The minimum absolute atomic E-state index is 0.241. The summed E-state index contributed by atoms with van der Waals surface area (Å²) in [5.41, 5.74) is 0. The average Bonchev–Trinajstić information content (AvgIpc) is 3.39. The van der Waals surface area contributed by atoms with Crippen LogP contribution in [0.25, 0.3) is 0 Å². The van der Waals surface area contributed by atoms with Gasteiger partial charge in [-0.2, -0.15) is 0 Å². The van der Waals surface area contributed by atoms with Crippen LogP contribution >= 0.6 is 0 Å². The molecule has 142 valence electrons. The number of hydrogen-bond acceptors (Lipinski definition) is 6. The molecule has 0 aromatic carbocycles. The van der Waals surface area contributed by atoms with Crippen molar-refractivity contribution in [2.75, 3.05) is 26.2 Å². The number of nitrogens with zero attached hydrogens (tertiary/aromatic N) is 6. The Kier molecular flexibility index (Phi) is 5.36. The van der Waals surface area contributed by atoms with Crippen LogP contribution in [0.5, 0.6) is 0 Å². The molecule has 2 aromatic rings. The zero-order valence-corrected chi connectivity index (χ0v) is 15.9. The lowest BCUT2D eigenvalue weighted by Gasteiger charge is -2.42. The van der Waals surface area contributed by atoms with Crippen LogP contribution < -0.4 is 0 Å². The van der Waals surface area contributed by atoms with E-state index in [2.05, 4.69) is 39.2 Å². The lowest BCUT2D eigenvalue weighted by atomic mass is 10.00. The van der Waals surface area contributed by atoms with Gasteiger partial charge in [0.15, 0.2) is 5.82 Å². The Hall–Kier alpha value is -1.73. The zero-order chi connectivity index (χ0) is 17.9. The highest BCUT2D eigenvalue weighted by atomic mass is 16.3. The number of tetrazole rings is 1. The molecule has 0 spiro atoms. The summed E-state index contributed by atoms with van der Waals surface area (Å²) in [5.74, 6) is 2.28. The molecule has 0 bridgehead atoms. The molecule has 7 nitrogen and oxygen atoms in total. The van der Waals surface area contributed by atoms with Crippen LogP contribution in [-0.4, -0.2) is 62.2 Å². The summed E-state index contributed by atoms with van der Waals surface area (Å²) in [6.45, 7) is 9.61. The monoisotopic (exact) mass is 358 g/mol. The van der Waals surface area contributed by atoms with Gasteiger partial charge in [-0.3, -0.25) is 9.80 Å². The fourth-order valence-corrected chi connectivity index (χ4v) is 4.62. The molecule has 7 heteroatoms. The number of piperazine rings is 1. The molecule has 3 heterocycles. The fraction of sp³-hybridized carbons (Fsp3) is 0.737. The topological polar surface area (TPSA) is 63.2 Å². The van der Waals surface area contributed by atoms with Crippen LogP contribution in [0, 0.1) is 5.92 Å². The van der Waals surface area contributed by atoms with E-state index in [-0.39, 0.29) is 6.04 Å². The van der Waals surface area contributed by atoms with Crippen LogP contribution in [0.4, 0.5) is 0 Å². The van der Waals surface area contributed by atoms with Crippen LogP contribution in [0.15, 0.2) is 22.8 Å². The van der Waals surface area contributed by atoms with E-state index in [0.717, 1.165) is 43.8 Å². The maximum atomic E-state index is 5.48. The normalized spacial score (nSPS) is 21.7. The van der Waals surface area contributed by atoms with Crippen molar-refractivity contribution < 1.29 is 4.42 Å². The van der Waals surface area contributed by atoms with Gasteiger partial charge in [0, 0.05) is 32.2 Å². The van der Waals surface area contributed by atoms with Gasteiger partial charge in [0.1, 0.15) is 12.3 Å². The predicted molar refractivity (Wildman–Crippen MR) is 98.6 cm³/mol. The second-order valence-electron chi connectivity index (χ2n) is 7.97. The third-order valence-corrected chi connectivity index (χ3v) is 5.92. The average molecular weight is 358 g/mol. The lowest BCUT2D eigenvalue weighted by molar-refractivity contribution is 0.0500. The van der Waals surface area contributed by atoms with Gasteiger partial charge < -0.3 is 4.42 Å². The van der Waals surface area contributed by atoms with Crippen molar-refractivity contribution in [1.29, 1.82) is 0 Å². The third kappa shape index (κ3) is 3.69. The first-order valence-corrected chi connectivity index (χ1v) is 9.99. The summed E-state index contributed by atoms with van der Waals surface area (Å²) in [5, 5.41) is 12.6. The zero-order valence-electron chi connectivity index (χ0n) is 15.9. The molecule has 1 atom stereocenters. The quantitative estimate of drug-likeness (QED) is 0.791.